The first-order valence-electron chi connectivity index (χ1n) is 12.5. The van der Waals surface area contributed by atoms with Crippen molar-refractivity contribution in [2.75, 3.05) is 39.4 Å². The summed E-state index contributed by atoms with van der Waals surface area (Å²) >= 11 is 0. The third-order valence-corrected chi connectivity index (χ3v) is 7.66. The maximum absolute atomic E-state index is 13.8. The molecule has 2 aliphatic heterocycles. The molecule has 0 radical (unpaired) electrons. The summed E-state index contributed by atoms with van der Waals surface area (Å²) < 4.78 is 13.3. The number of ether oxygens (including phenoxy) is 1. The molecule has 0 spiro atoms. The van der Waals surface area contributed by atoms with Crippen molar-refractivity contribution in [3.05, 3.63) is 23.6 Å². The van der Waals surface area contributed by atoms with Gasteiger partial charge in [0.2, 0.25) is 5.91 Å². The van der Waals surface area contributed by atoms with Crippen molar-refractivity contribution in [1.82, 2.24) is 19.7 Å². The van der Waals surface area contributed by atoms with Crippen molar-refractivity contribution in [3.8, 4) is 0 Å². The zero-order valence-electron chi connectivity index (χ0n) is 19.9. The summed E-state index contributed by atoms with van der Waals surface area (Å²) in [5, 5.41) is 3.33. The molecular formula is C25H36N4O4. The summed E-state index contributed by atoms with van der Waals surface area (Å²) in [7, 11) is 0. The van der Waals surface area contributed by atoms with Crippen LogP contribution in [-0.2, 0) is 16.1 Å². The van der Waals surface area contributed by atoms with Crippen LogP contribution < -0.4 is 5.32 Å². The normalized spacial score (nSPS) is 25.3. The monoisotopic (exact) mass is 456 g/mol. The van der Waals surface area contributed by atoms with Gasteiger partial charge in [0, 0.05) is 44.4 Å². The first kappa shape index (κ1) is 22.5. The topological polar surface area (TPSA) is 80.0 Å². The van der Waals surface area contributed by atoms with Crippen LogP contribution in [0.4, 0.5) is 0 Å². The van der Waals surface area contributed by atoms with E-state index in [4.69, 9.17) is 9.15 Å². The highest BCUT2D eigenvalue weighted by atomic mass is 16.5. The number of amides is 2. The van der Waals surface area contributed by atoms with Crippen molar-refractivity contribution < 1.29 is 18.7 Å². The largest absolute Gasteiger partial charge is 0.460 e. The number of nitrogens with zero attached hydrogens (tertiary/aromatic N) is 3. The minimum Gasteiger partial charge on any atom is -0.460 e. The molecule has 0 unspecified atom stereocenters. The molecule has 2 amide bonds. The number of fused-ring (bicyclic) bond motifs is 3. The number of morpholine rings is 1. The van der Waals surface area contributed by atoms with E-state index in [2.05, 4.69) is 10.2 Å². The number of aryl methyl sites for hydroxylation is 1. The fraction of sp³-hybridized carbons (Fsp3) is 0.680. The number of rotatable bonds is 5. The van der Waals surface area contributed by atoms with E-state index < -0.39 is 5.54 Å². The van der Waals surface area contributed by atoms with Crippen LogP contribution in [0, 0.1) is 6.92 Å². The molecule has 8 heteroatoms. The molecule has 1 aliphatic carbocycles. The Bertz CT molecular complexity index is 1010. The molecule has 0 aromatic carbocycles. The third kappa shape index (κ3) is 4.30. The fourth-order valence-electron chi connectivity index (χ4n) is 5.64. The summed E-state index contributed by atoms with van der Waals surface area (Å²) in [5.74, 6) is 0.664. The van der Waals surface area contributed by atoms with Crippen molar-refractivity contribution in [2.45, 2.75) is 70.5 Å². The molecule has 1 N–H and O–H groups in total. The number of hydrogen-bond donors (Lipinski definition) is 1. The van der Waals surface area contributed by atoms with Crippen LogP contribution in [-0.4, -0.2) is 77.2 Å². The summed E-state index contributed by atoms with van der Waals surface area (Å²) in [6, 6.07) is 3.98. The quantitative estimate of drug-likeness (QED) is 0.700. The second kappa shape index (κ2) is 9.14. The van der Waals surface area contributed by atoms with E-state index in [0.29, 0.717) is 37.6 Å². The predicted molar refractivity (Wildman–Crippen MR) is 125 cm³/mol. The average molecular weight is 457 g/mol. The Balaban J connectivity index is 1.44. The van der Waals surface area contributed by atoms with Gasteiger partial charge in [-0.15, -0.1) is 0 Å². The maximum atomic E-state index is 13.8. The van der Waals surface area contributed by atoms with Gasteiger partial charge in [0.1, 0.15) is 17.0 Å². The third-order valence-electron chi connectivity index (χ3n) is 7.66. The summed E-state index contributed by atoms with van der Waals surface area (Å²) in [6.45, 7) is 8.65. The molecule has 0 bridgehead atoms. The first-order chi connectivity index (χ1) is 16.0. The predicted octanol–water partition coefficient (Wildman–Crippen LogP) is 2.93. The molecule has 2 aromatic heterocycles. The van der Waals surface area contributed by atoms with Gasteiger partial charge in [-0.1, -0.05) is 25.7 Å². The molecule has 180 valence electrons. The lowest BCUT2D eigenvalue weighted by molar-refractivity contribution is -0.133. The zero-order valence-corrected chi connectivity index (χ0v) is 19.9. The minimum absolute atomic E-state index is 0.0440. The number of furan rings is 1. The molecule has 2 aromatic rings. The van der Waals surface area contributed by atoms with E-state index in [-0.39, 0.29) is 17.9 Å². The Morgan fingerprint density at radius 3 is 2.58 bits per heavy atom. The number of carbonyl (C=O) groups is 2. The number of carbonyl (C=O) groups excluding carboxylic acids is 2. The van der Waals surface area contributed by atoms with Gasteiger partial charge in [-0.05, 0) is 26.7 Å². The van der Waals surface area contributed by atoms with E-state index in [1.807, 2.05) is 30.5 Å². The lowest BCUT2D eigenvalue weighted by atomic mass is 9.93. The van der Waals surface area contributed by atoms with Crippen LogP contribution in [0.15, 0.2) is 16.5 Å². The average Bonchev–Trinajstić information content (AvgIpc) is 3.19. The van der Waals surface area contributed by atoms with Crippen LogP contribution in [0.2, 0.25) is 0 Å². The first-order valence-corrected chi connectivity index (χ1v) is 12.5. The van der Waals surface area contributed by atoms with Crippen LogP contribution >= 0.6 is 0 Å². The molecule has 8 nitrogen and oxygen atoms in total. The number of nitrogens with one attached hydrogen (secondary N) is 1. The smallest absolute Gasteiger partial charge is 0.271 e. The van der Waals surface area contributed by atoms with Crippen molar-refractivity contribution >= 4 is 22.9 Å². The van der Waals surface area contributed by atoms with E-state index in [1.165, 1.54) is 12.8 Å². The van der Waals surface area contributed by atoms with Gasteiger partial charge in [-0.25, -0.2) is 0 Å². The zero-order chi connectivity index (χ0) is 23.0. The summed E-state index contributed by atoms with van der Waals surface area (Å²) in [5.41, 5.74) is 1.24. The van der Waals surface area contributed by atoms with Gasteiger partial charge in [-0.3, -0.25) is 14.5 Å². The van der Waals surface area contributed by atoms with Crippen LogP contribution in [0.25, 0.3) is 11.1 Å². The lowest BCUT2D eigenvalue weighted by Gasteiger charge is -2.45. The van der Waals surface area contributed by atoms with Gasteiger partial charge in [-0.2, -0.15) is 0 Å². The highest BCUT2D eigenvalue weighted by Crippen LogP contribution is 2.34. The molecule has 4 heterocycles. The molecular weight excluding hydrogens is 420 g/mol. The van der Waals surface area contributed by atoms with E-state index in [9.17, 15) is 9.59 Å². The van der Waals surface area contributed by atoms with Crippen molar-refractivity contribution in [1.29, 1.82) is 0 Å². The Morgan fingerprint density at radius 1 is 1.12 bits per heavy atom. The molecule has 1 saturated heterocycles. The second-order valence-electron chi connectivity index (χ2n) is 10.1. The summed E-state index contributed by atoms with van der Waals surface area (Å²) in [6.07, 6.45) is 6.81. The van der Waals surface area contributed by atoms with E-state index in [0.717, 1.165) is 56.6 Å². The van der Waals surface area contributed by atoms with E-state index in [1.54, 1.807) is 4.90 Å². The SMILES string of the molecule is Cc1cc2c(cc3n2C[C@@](C)(C(=O)NC2CCCCCC2)N(CCN2CCOCC2)C3=O)o1. The Morgan fingerprint density at radius 2 is 1.85 bits per heavy atom. The standard InChI is InChI=1S/C25H36N4O4/c1-18-15-20-22(33-18)16-21-23(30)29(10-9-27-11-13-32-14-12-27)25(2,17-28(20)21)24(31)26-19-7-5-3-4-6-8-19/h15-16,19H,3-14,17H2,1-2H3,(H,26,31)/t25-/m0/s1. The van der Waals surface area contributed by atoms with Gasteiger partial charge >= 0.3 is 0 Å². The van der Waals surface area contributed by atoms with Crippen molar-refractivity contribution in [2.24, 2.45) is 0 Å². The minimum atomic E-state index is -0.959. The Labute approximate surface area is 195 Å². The molecule has 2 fully saturated rings. The second-order valence-corrected chi connectivity index (χ2v) is 10.1. The van der Waals surface area contributed by atoms with Gasteiger partial charge in [0.15, 0.2) is 5.58 Å². The molecule has 33 heavy (non-hydrogen) atoms. The Hall–Kier alpha value is -2.32. The van der Waals surface area contributed by atoms with Gasteiger partial charge in [0.05, 0.1) is 25.3 Å². The Kier molecular flexibility index (Phi) is 6.22. The highest BCUT2D eigenvalue weighted by molar-refractivity contribution is 6.03. The number of hydrogen-bond acceptors (Lipinski definition) is 5. The molecule has 1 saturated carbocycles. The van der Waals surface area contributed by atoms with Crippen LogP contribution in [0.5, 0.6) is 0 Å². The van der Waals surface area contributed by atoms with Crippen LogP contribution in [0.1, 0.15) is 61.7 Å². The van der Waals surface area contributed by atoms with E-state index >= 15 is 0 Å². The fourth-order valence-corrected chi connectivity index (χ4v) is 5.64. The van der Waals surface area contributed by atoms with Crippen molar-refractivity contribution in [3.63, 3.8) is 0 Å². The van der Waals surface area contributed by atoms with Crippen LogP contribution in [0.3, 0.4) is 0 Å². The lowest BCUT2D eigenvalue weighted by Crippen LogP contribution is -2.65. The summed E-state index contributed by atoms with van der Waals surface area (Å²) in [4.78, 5) is 31.7. The maximum Gasteiger partial charge on any atom is 0.271 e. The van der Waals surface area contributed by atoms with Gasteiger partial charge in [0.25, 0.3) is 5.91 Å². The van der Waals surface area contributed by atoms with Gasteiger partial charge < -0.3 is 23.9 Å². The number of aromatic nitrogens is 1. The highest BCUT2D eigenvalue weighted by Gasteiger charge is 2.48. The molecule has 1 atom stereocenters. The molecule has 3 aliphatic rings. The molecule has 5 rings (SSSR count).